The lowest BCUT2D eigenvalue weighted by molar-refractivity contribution is 0.0465. The van der Waals surface area contributed by atoms with E-state index < -0.39 is 5.97 Å². The molecule has 122 valence electrons. The summed E-state index contributed by atoms with van der Waals surface area (Å²) in [7, 11) is 0. The van der Waals surface area contributed by atoms with E-state index in [1.54, 1.807) is 0 Å². The van der Waals surface area contributed by atoms with Crippen molar-refractivity contribution in [2.24, 2.45) is 0 Å². The van der Waals surface area contributed by atoms with E-state index in [4.69, 9.17) is 10.5 Å². The standard InChI is InChI=1S/C18H23N3O2/c1-11-8-13(18(3,4)5)9-12(2)14(11)10-23-17(22)15-16(19)21-7-6-20-15/h6-9H,10H2,1-5H3,(H2,19,21). The summed E-state index contributed by atoms with van der Waals surface area (Å²) in [5.41, 5.74) is 10.3. The minimum Gasteiger partial charge on any atom is -0.456 e. The summed E-state index contributed by atoms with van der Waals surface area (Å²) in [5, 5.41) is 0. The monoisotopic (exact) mass is 313 g/mol. The lowest BCUT2D eigenvalue weighted by atomic mass is 9.84. The molecule has 2 aromatic rings. The first-order valence-electron chi connectivity index (χ1n) is 7.54. The minimum absolute atomic E-state index is 0.0501. The Hall–Kier alpha value is -2.43. The number of ether oxygens (including phenoxy) is 1. The SMILES string of the molecule is Cc1cc(C(C)(C)C)cc(C)c1COC(=O)c1nccnc1N. The summed E-state index contributed by atoms with van der Waals surface area (Å²) >= 11 is 0. The van der Waals surface area contributed by atoms with Gasteiger partial charge >= 0.3 is 5.97 Å². The number of aromatic nitrogens is 2. The zero-order chi connectivity index (χ0) is 17.2. The van der Waals surface area contributed by atoms with Crippen LogP contribution in [-0.4, -0.2) is 15.9 Å². The number of hydrogen-bond acceptors (Lipinski definition) is 5. The molecule has 0 amide bonds. The van der Waals surface area contributed by atoms with Gasteiger partial charge in [-0.3, -0.25) is 0 Å². The third kappa shape index (κ3) is 3.86. The van der Waals surface area contributed by atoms with Crippen LogP contribution in [0.2, 0.25) is 0 Å². The van der Waals surface area contributed by atoms with Gasteiger partial charge < -0.3 is 10.5 Å². The summed E-state index contributed by atoms with van der Waals surface area (Å²) in [6, 6.07) is 4.29. The highest BCUT2D eigenvalue weighted by Gasteiger charge is 2.18. The molecule has 1 aromatic carbocycles. The predicted octanol–water partition coefficient (Wildman–Crippen LogP) is 3.33. The van der Waals surface area contributed by atoms with Gasteiger partial charge in [-0.1, -0.05) is 32.9 Å². The molecule has 5 nitrogen and oxygen atoms in total. The van der Waals surface area contributed by atoms with Crippen molar-refractivity contribution >= 4 is 11.8 Å². The smallest absolute Gasteiger partial charge is 0.361 e. The highest BCUT2D eigenvalue weighted by Crippen LogP contribution is 2.27. The molecule has 0 fully saturated rings. The normalized spacial score (nSPS) is 11.3. The first-order chi connectivity index (χ1) is 10.7. The summed E-state index contributed by atoms with van der Waals surface area (Å²) in [5.74, 6) is -0.483. The molecule has 0 saturated carbocycles. The molecule has 0 aliphatic rings. The average molecular weight is 313 g/mol. The lowest BCUT2D eigenvalue weighted by Crippen LogP contribution is -2.14. The first kappa shape index (κ1) is 16.9. The molecule has 0 aliphatic carbocycles. The van der Waals surface area contributed by atoms with E-state index in [-0.39, 0.29) is 23.5 Å². The van der Waals surface area contributed by atoms with Crippen LogP contribution in [-0.2, 0) is 16.8 Å². The predicted molar refractivity (Wildman–Crippen MR) is 90.2 cm³/mol. The number of esters is 1. The van der Waals surface area contributed by atoms with Crippen LogP contribution in [0.4, 0.5) is 5.82 Å². The topological polar surface area (TPSA) is 78.1 Å². The average Bonchev–Trinajstić information content (AvgIpc) is 2.45. The third-order valence-electron chi connectivity index (χ3n) is 3.83. The molecule has 0 spiro atoms. The molecule has 1 aromatic heterocycles. The van der Waals surface area contributed by atoms with Gasteiger partial charge in [0.2, 0.25) is 0 Å². The van der Waals surface area contributed by atoms with Gasteiger partial charge in [-0.25, -0.2) is 14.8 Å². The Kier molecular flexibility index (Phi) is 4.68. The van der Waals surface area contributed by atoms with E-state index in [2.05, 4.69) is 42.9 Å². The van der Waals surface area contributed by atoms with E-state index in [0.29, 0.717) is 0 Å². The van der Waals surface area contributed by atoms with Gasteiger partial charge in [0.15, 0.2) is 11.5 Å². The summed E-state index contributed by atoms with van der Waals surface area (Å²) < 4.78 is 5.36. The molecule has 0 unspecified atom stereocenters. The second-order valence-electron chi connectivity index (χ2n) is 6.70. The Morgan fingerprint density at radius 3 is 2.22 bits per heavy atom. The fourth-order valence-electron chi connectivity index (χ4n) is 2.37. The first-order valence-corrected chi connectivity index (χ1v) is 7.54. The molecular weight excluding hydrogens is 290 g/mol. The van der Waals surface area contributed by atoms with Crippen molar-refractivity contribution in [2.45, 2.75) is 46.6 Å². The van der Waals surface area contributed by atoms with Gasteiger partial charge in [0.25, 0.3) is 0 Å². The zero-order valence-electron chi connectivity index (χ0n) is 14.3. The van der Waals surface area contributed by atoms with Gasteiger partial charge in [-0.15, -0.1) is 0 Å². The molecule has 2 rings (SSSR count). The molecule has 5 heteroatoms. The summed E-state index contributed by atoms with van der Waals surface area (Å²) in [6.07, 6.45) is 2.85. The number of carbonyl (C=O) groups excluding carboxylic acids is 1. The van der Waals surface area contributed by atoms with Crippen LogP contribution in [0.15, 0.2) is 24.5 Å². The van der Waals surface area contributed by atoms with Gasteiger partial charge in [0.05, 0.1) is 0 Å². The second kappa shape index (κ2) is 6.36. The van der Waals surface area contributed by atoms with E-state index in [1.807, 2.05) is 13.8 Å². The van der Waals surface area contributed by atoms with Crippen molar-refractivity contribution in [3.8, 4) is 0 Å². The van der Waals surface area contributed by atoms with Crippen molar-refractivity contribution in [3.05, 3.63) is 52.5 Å². The Labute approximate surface area is 136 Å². The van der Waals surface area contributed by atoms with Crippen LogP contribution in [0.5, 0.6) is 0 Å². The maximum Gasteiger partial charge on any atom is 0.361 e. The molecule has 0 saturated heterocycles. The number of carbonyl (C=O) groups is 1. The van der Waals surface area contributed by atoms with Crippen LogP contribution in [0.25, 0.3) is 0 Å². The van der Waals surface area contributed by atoms with Crippen LogP contribution >= 0.6 is 0 Å². The molecule has 23 heavy (non-hydrogen) atoms. The molecule has 0 bridgehead atoms. The van der Waals surface area contributed by atoms with Gasteiger partial charge in [0.1, 0.15) is 6.61 Å². The van der Waals surface area contributed by atoms with Gasteiger partial charge in [-0.2, -0.15) is 0 Å². The van der Waals surface area contributed by atoms with E-state index >= 15 is 0 Å². The van der Waals surface area contributed by atoms with Crippen LogP contribution < -0.4 is 5.73 Å². The number of benzene rings is 1. The maximum absolute atomic E-state index is 12.1. The van der Waals surface area contributed by atoms with E-state index in [0.717, 1.165) is 16.7 Å². The van der Waals surface area contributed by atoms with Crippen molar-refractivity contribution in [1.29, 1.82) is 0 Å². The molecule has 2 N–H and O–H groups in total. The number of nitrogens with zero attached hydrogens (tertiary/aromatic N) is 2. The summed E-state index contributed by atoms with van der Waals surface area (Å²) in [4.78, 5) is 19.8. The van der Waals surface area contributed by atoms with Crippen LogP contribution in [0.3, 0.4) is 0 Å². The molecular formula is C18H23N3O2. The van der Waals surface area contributed by atoms with Crippen LogP contribution in [0.1, 0.15) is 53.5 Å². The van der Waals surface area contributed by atoms with Gasteiger partial charge in [-0.05, 0) is 41.5 Å². The second-order valence-corrected chi connectivity index (χ2v) is 6.70. The highest BCUT2D eigenvalue weighted by molar-refractivity contribution is 5.91. The fourth-order valence-corrected chi connectivity index (χ4v) is 2.37. The van der Waals surface area contributed by atoms with E-state index in [9.17, 15) is 4.79 Å². The Morgan fingerprint density at radius 2 is 1.70 bits per heavy atom. The maximum atomic E-state index is 12.1. The highest BCUT2D eigenvalue weighted by atomic mass is 16.5. The molecule has 1 heterocycles. The Morgan fingerprint density at radius 1 is 1.13 bits per heavy atom. The fraction of sp³-hybridized carbons (Fsp3) is 0.389. The number of rotatable bonds is 3. The molecule has 0 atom stereocenters. The number of nitrogen functional groups attached to an aromatic ring is 1. The Balaban J connectivity index is 2.18. The number of anilines is 1. The number of hydrogen-bond donors (Lipinski definition) is 1. The van der Waals surface area contributed by atoms with E-state index in [1.165, 1.54) is 18.0 Å². The number of nitrogens with two attached hydrogens (primary N) is 1. The van der Waals surface area contributed by atoms with Crippen molar-refractivity contribution in [1.82, 2.24) is 9.97 Å². The largest absolute Gasteiger partial charge is 0.456 e. The quantitative estimate of drug-likeness (QED) is 0.879. The lowest BCUT2D eigenvalue weighted by Gasteiger charge is -2.22. The van der Waals surface area contributed by atoms with Crippen molar-refractivity contribution in [2.75, 3.05) is 5.73 Å². The molecule has 0 aliphatic heterocycles. The minimum atomic E-state index is -0.561. The van der Waals surface area contributed by atoms with Crippen molar-refractivity contribution in [3.63, 3.8) is 0 Å². The molecule has 0 radical (unpaired) electrons. The third-order valence-corrected chi connectivity index (χ3v) is 3.83. The Bertz CT molecular complexity index is 710. The van der Waals surface area contributed by atoms with Gasteiger partial charge in [0, 0.05) is 12.4 Å². The van der Waals surface area contributed by atoms with Crippen molar-refractivity contribution < 1.29 is 9.53 Å². The number of aryl methyl sites for hydroxylation is 2. The van der Waals surface area contributed by atoms with Crippen LogP contribution in [0, 0.1) is 13.8 Å². The zero-order valence-corrected chi connectivity index (χ0v) is 14.3. The summed E-state index contributed by atoms with van der Waals surface area (Å²) in [6.45, 7) is 10.8.